The number of nitrogens with zero attached hydrogens (tertiary/aromatic N) is 1. The predicted octanol–water partition coefficient (Wildman–Crippen LogP) is 3.44. The molecule has 1 heteroatoms. The summed E-state index contributed by atoms with van der Waals surface area (Å²) in [6.45, 7) is 9.57. The van der Waals surface area contributed by atoms with Gasteiger partial charge in [-0.1, -0.05) is 31.7 Å². The molecule has 0 bridgehead atoms. The monoisotopic (exact) mass is 159 g/mol. The summed E-state index contributed by atoms with van der Waals surface area (Å²) in [6, 6.07) is 7.92. The van der Waals surface area contributed by atoms with Crippen molar-refractivity contribution in [3.8, 4) is 0 Å². The van der Waals surface area contributed by atoms with Gasteiger partial charge in [0.05, 0.1) is 5.69 Å². The molecule has 12 heavy (non-hydrogen) atoms. The van der Waals surface area contributed by atoms with E-state index in [1.165, 1.54) is 0 Å². The number of allylic oxidation sites excluding steroid dienone is 1. The van der Waals surface area contributed by atoms with Crippen LogP contribution in [0.1, 0.15) is 18.9 Å². The van der Waals surface area contributed by atoms with Gasteiger partial charge in [-0.25, -0.2) is 0 Å². The molecule has 0 unspecified atom stereocenters. The first-order valence-electron chi connectivity index (χ1n) is 4.03. The van der Waals surface area contributed by atoms with Gasteiger partial charge in [-0.15, -0.1) is 0 Å². The second kappa shape index (κ2) is 3.86. The second-order valence-corrected chi connectivity index (χ2v) is 2.63. The molecule has 1 nitrogen and oxygen atoms in total. The molecule has 1 aromatic carbocycles. The second-order valence-electron chi connectivity index (χ2n) is 2.63. The lowest BCUT2D eigenvalue weighted by Crippen LogP contribution is -1.80. The van der Waals surface area contributed by atoms with Crippen LogP contribution in [0, 0.1) is 0 Å². The molecule has 0 aliphatic rings. The van der Waals surface area contributed by atoms with Crippen LogP contribution < -0.4 is 0 Å². The normalized spacial score (nSPS) is 9.42. The van der Waals surface area contributed by atoms with E-state index in [1.807, 2.05) is 24.3 Å². The third-order valence-electron chi connectivity index (χ3n) is 1.88. The Kier molecular flexibility index (Phi) is 2.81. The lowest BCUT2D eigenvalue weighted by atomic mass is 10.0. The maximum Gasteiger partial charge on any atom is 0.0697 e. The molecular formula is C11H13N. The molecule has 0 spiro atoms. The summed E-state index contributed by atoms with van der Waals surface area (Å²) in [5.41, 5.74) is 3.14. The van der Waals surface area contributed by atoms with Crippen LogP contribution in [0.3, 0.4) is 0 Å². The summed E-state index contributed by atoms with van der Waals surface area (Å²) in [5, 5.41) is 0. The highest BCUT2D eigenvalue weighted by Gasteiger charge is 2.00. The van der Waals surface area contributed by atoms with Crippen molar-refractivity contribution in [2.45, 2.75) is 13.3 Å². The van der Waals surface area contributed by atoms with Crippen LogP contribution in [0.4, 0.5) is 5.69 Å². The van der Waals surface area contributed by atoms with E-state index in [9.17, 15) is 0 Å². The highest BCUT2D eigenvalue weighted by atomic mass is 14.7. The van der Waals surface area contributed by atoms with E-state index < -0.39 is 0 Å². The molecule has 1 rings (SSSR count). The van der Waals surface area contributed by atoms with Crippen LogP contribution in [0.15, 0.2) is 35.8 Å². The standard InChI is InChI=1S/C11H13N/c1-4-9(2)10-7-5-6-8-11(10)12-3/h5-8H,2-4H2,1H3. The quantitative estimate of drug-likeness (QED) is 0.599. The zero-order valence-corrected chi connectivity index (χ0v) is 7.38. The predicted molar refractivity (Wildman–Crippen MR) is 55.0 cm³/mol. The molecule has 0 N–H and O–H groups in total. The molecular weight excluding hydrogens is 146 g/mol. The molecule has 62 valence electrons. The number of rotatable bonds is 3. The fraction of sp³-hybridized carbons (Fsp3) is 0.182. The minimum absolute atomic E-state index is 0.921. The smallest absolute Gasteiger partial charge is 0.0697 e. The Bertz CT molecular complexity index is 300. The fourth-order valence-electron chi connectivity index (χ4n) is 1.10. The maximum absolute atomic E-state index is 3.96. The number of para-hydroxylation sites is 1. The first-order valence-corrected chi connectivity index (χ1v) is 4.03. The molecule has 0 fully saturated rings. The average molecular weight is 159 g/mol. The van der Waals surface area contributed by atoms with Gasteiger partial charge in [-0.3, -0.25) is 4.99 Å². The van der Waals surface area contributed by atoms with Crippen molar-refractivity contribution in [2.75, 3.05) is 0 Å². The van der Waals surface area contributed by atoms with Crippen molar-refractivity contribution in [3.63, 3.8) is 0 Å². The van der Waals surface area contributed by atoms with E-state index in [1.54, 1.807) is 0 Å². The summed E-state index contributed by atoms with van der Waals surface area (Å²) in [7, 11) is 0. The molecule has 0 aliphatic heterocycles. The molecule has 0 atom stereocenters. The molecule has 1 aromatic rings. The van der Waals surface area contributed by atoms with E-state index in [-0.39, 0.29) is 0 Å². The van der Waals surface area contributed by atoms with Crippen molar-refractivity contribution < 1.29 is 0 Å². The van der Waals surface area contributed by atoms with Crippen molar-refractivity contribution in [1.29, 1.82) is 0 Å². The van der Waals surface area contributed by atoms with Crippen molar-refractivity contribution >= 4 is 18.0 Å². The summed E-state index contributed by atoms with van der Waals surface area (Å²) in [5.74, 6) is 0. The Hall–Kier alpha value is -1.37. The van der Waals surface area contributed by atoms with Crippen LogP contribution in [-0.4, -0.2) is 6.72 Å². The Balaban J connectivity index is 3.13. The zero-order chi connectivity index (χ0) is 8.97. The van der Waals surface area contributed by atoms with Crippen LogP contribution in [-0.2, 0) is 0 Å². The molecule has 0 amide bonds. The minimum Gasteiger partial charge on any atom is -0.264 e. The Labute approximate surface area is 73.5 Å². The first-order chi connectivity index (χ1) is 5.79. The van der Waals surface area contributed by atoms with Gasteiger partial charge in [0.2, 0.25) is 0 Å². The molecule has 0 heterocycles. The van der Waals surface area contributed by atoms with E-state index in [0.717, 1.165) is 23.2 Å². The summed E-state index contributed by atoms with van der Waals surface area (Å²) < 4.78 is 0. The van der Waals surface area contributed by atoms with Crippen LogP contribution in [0.25, 0.3) is 5.57 Å². The topological polar surface area (TPSA) is 12.4 Å². The Morgan fingerprint density at radius 1 is 1.42 bits per heavy atom. The summed E-state index contributed by atoms with van der Waals surface area (Å²) in [6.07, 6.45) is 0.951. The van der Waals surface area contributed by atoms with Crippen molar-refractivity contribution in [2.24, 2.45) is 4.99 Å². The Morgan fingerprint density at radius 3 is 2.67 bits per heavy atom. The highest BCUT2D eigenvalue weighted by molar-refractivity contribution is 5.73. The minimum atomic E-state index is 0.921. The molecule has 0 aromatic heterocycles. The largest absolute Gasteiger partial charge is 0.264 e. The van der Waals surface area contributed by atoms with Crippen LogP contribution in [0.5, 0.6) is 0 Å². The van der Waals surface area contributed by atoms with E-state index in [0.29, 0.717) is 0 Å². The van der Waals surface area contributed by atoms with Gasteiger partial charge in [-0.2, -0.15) is 0 Å². The lowest BCUT2D eigenvalue weighted by Gasteiger charge is -2.05. The van der Waals surface area contributed by atoms with Gasteiger partial charge < -0.3 is 0 Å². The third-order valence-corrected chi connectivity index (χ3v) is 1.88. The molecule has 0 aliphatic carbocycles. The third kappa shape index (κ3) is 1.62. The maximum atomic E-state index is 3.96. The number of hydrogen-bond acceptors (Lipinski definition) is 1. The fourth-order valence-corrected chi connectivity index (χ4v) is 1.10. The van der Waals surface area contributed by atoms with E-state index >= 15 is 0 Å². The molecule has 0 radical (unpaired) electrons. The van der Waals surface area contributed by atoms with Gasteiger partial charge >= 0.3 is 0 Å². The summed E-state index contributed by atoms with van der Waals surface area (Å²) >= 11 is 0. The highest BCUT2D eigenvalue weighted by Crippen LogP contribution is 2.26. The van der Waals surface area contributed by atoms with Gasteiger partial charge in [0.25, 0.3) is 0 Å². The number of aliphatic imine (C=N–C) groups is 1. The number of hydrogen-bond donors (Lipinski definition) is 0. The SMILES string of the molecule is C=Nc1ccccc1C(=C)CC. The number of benzene rings is 1. The van der Waals surface area contributed by atoms with E-state index in [4.69, 9.17) is 0 Å². The molecule has 0 saturated carbocycles. The van der Waals surface area contributed by atoms with Gasteiger partial charge in [0, 0.05) is 5.56 Å². The van der Waals surface area contributed by atoms with Crippen molar-refractivity contribution in [3.05, 3.63) is 36.4 Å². The van der Waals surface area contributed by atoms with Crippen LogP contribution >= 0.6 is 0 Å². The average Bonchev–Trinajstić information content (AvgIpc) is 2.16. The van der Waals surface area contributed by atoms with Gasteiger partial charge in [-0.05, 0) is 24.8 Å². The first kappa shape index (κ1) is 8.72. The van der Waals surface area contributed by atoms with Gasteiger partial charge in [0.1, 0.15) is 0 Å². The van der Waals surface area contributed by atoms with Gasteiger partial charge in [0.15, 0.2) is 0 Å². The van der Waals surface area contributed by atoms with Crippen LogP contribution in [0.2, 0.25) is 0 Å². The van der Waals surface area contributed by atoms with Crippen molar-refractivity contribution in [1.82, 2.24) is 0 Å². The lowest BCUT2D eigenvalue weighted by molar-refractivity contribution is 1.24. The zero-order valence-electron chi connectivity index (χ0n) is 7.38. The Morgan fingerprint density at radius 2 is 2.08 bits per heavy atom. The molecule has 0 saturated heterocycles. The van der Waals surface area contributed by atoms with E-state index in [2.05, 4.69) is 25.2 Å². The summed E-state index contributed by atoms with van der Waals surface area (Å²) in [4.78, 5) is 3.93.